The minimum Gasteiger partial charge on any atom is -0.382 e. The summed E-state index contributed by atoms with van der Waals surface area (Å²) in [5, 5.41) is 0. The molecule has 2 heterocycles. The summed E-state index contributed by atoms with van der Waals surface area (Å²) in [6.07, 6.45) is 2.66. The average Bonchev–Trinajstić information content (AvgIpc) is 2.77. The van der Waals surface area contributed by atoms with Crippen molar-refractivity contribution in [3.05, 3.63) is 13.4 Å². The van der Waals surface area contributed by atoms with Gasteiger partial charge in [-0.1, -0.05) is 6.92 Å². The molecule has 7 heteroatoms. The molecule has 4 N–H and O–H groups in total. The molecule has 1 aliphatic carbocycles. The third-order valence-electron chi connectivity index (χ3n) is 3.62. The van der Waals surface area contributed by atoms with E-state index in [0.29, 0.717) is 29.4 Å². The Kier molecular flexibility index (Phi) is 2.21. The van der Waals surface area contributed by atoms with Crippen LogP contribution in [-0.2, 0) is 11.3 Å². The van der Waals surface area contributed by atoms with Gasteiger partial charge in [0.05, 0.1) is 25.6 Å². The van der Waals surface area contributed by atoms with Crippen molar-refractivity contribution in [3.8, 4) is 0 Å². The number of aromatic nitrogens is 4. The number of nitrogens with zero attached hydrogens (tertiary/aromatic N) is 4. The van der Waals surface area contributed by atoms with Gasteiger partial charge in [-0.2, -0.15) is 9.97 Å². The number of nitrogen functional groups attached to an aromatic ring is 2. The fraction of sp³-hybridized carbons (Fsp3) is 0.455. The second kappa shape index (κ2) is 3.55. The summed E-state index contributed by atoms with van der Waals surface area (Å²) in [6, 6.07) is 0. The number of hydrogen-bond donors (Lipinski definition) is 2. The predicted molar refractivity (Wildman–Crippen MR) is 67.1 cm³/mol. The molecule has 3 rings (SSSR count). The van der Waals surface area contributed by atoms with E-state index in [1.807, 2.05) is 4.57 Å². The summed E-state index contributed by atoms with van der Waals surface area (Å²) >= 11 is 0. The molecule has 7 nitrogen and oxygen atoms in total. The number of anilines is 2. The van der Waals surface area contributed by atoms with Gasteiger partial charge in [0.2, 0.25) is 5.95 Å². The molecule has 0 saturated heterocycles. The lowest BCUT2D eigenvalue weighted by molar-refractivity contribution is 0.0844. The van der Waals surface area contributed by atoms with Crippen LogP contribution in [0, 0.1) is 13.0 Å². The molecule has 1 aliphatic rings. The Bertz CT molecular complexity index is 605. The first-order valence-corrected chi connectivity index (χ1v) is 5.73. The van der Waals surface area contributed by atoms with Gasteiger partial charge in [0.25, 0.3) is 0 Å². The largest absolute Gasteiger partial charge is 0.382 e. The highest BCUT2D eigenvalue weighted by Crippen LogP contribution is 2.47. The van der Waals surface area contributed by atoms with Crippen molar-refractivity contribution < 1.29 is 4.74 Å². The van der Waals surface area contributed by atoms with Gasteiger partial charge in [-0.25, -0.2) is 4.98 Å². The molecule has 2 aromatic rings. The normalized spacial score (nSPS) is 26.7. The standard InChI is InChI=1S/C11H15N6O/c1-6-3-11(6,18-2)4-17-5-14-7-8(12)15-10(13)16-9(7)17/h5-6H,2-4H2,1H3,(H4,12,13,15,16). The fourth-order valence-electron chi connectivity index (χ4n) is 2.31. The zero-order valence-electron chi connectivity index (χ0n) is 10.1. The highest BCUT2D eigenvalue weighted by molar-refractivity contribution is 5.82. The average molecular weight is 247 g/mol. The maximum Gasteiger partial charge on any atom is 0.224 e. The van der Waals surface area contributed by atoms with Crippen LogP contribution < -0.4 is 11.5 Å². The monoisotopic (exact) mass is 247 g/mol. The zero-order chi connectivity index (χ0) is 12.9. The van der Waals surface area contributed by atoms with E-state index < -0.39 is 0 Å². The van der Waals surface area contributed by atoms with E-state index in [-0.39, 0.29) is 11.5 Å². The van der Waals surface area contributed by atoms with Gasteiger partial charge in [0, 0.05) is 0 Å². The highest BCUT2D eigenvalue weighted by Gasteiger charge is 2.52. The van der Waals surface area contributed by atoms with E-state index in [1.54, 1.807) is 6.33 Å². The molecular formula is C11H15N6O. The maximum atomic E-state index is 5.76. The molecule has 95 valence electrons. The summed E-state index contributed by atoms with van der Waals surface area (Å²) in [4.78, 5) is 12.3. The van der Waals surface area contributed by atoms with Gasteiger partial charge in [-0.05, 0) is 12.3 Å². The van der Waals surface area contributed by atoms with Crippen LogP contribution in [0.3, 0.4) is 0 Å². The van der Waals surface area contributed by atoms with Gasteiger partial charge in [-0.3, -0.25) is 0 Å². The number of rotatable bonds is 3. The predicted octanol–water partition coefficient (Wildman–Crippen LogP) is 0.577. The molecule has 2 aromatic heterocycles. The Morgan fingerprint density at radius 3 is 2.89 bits per heavy atom. The van der Waals surface area contributed by atoms with E-state index in [1.165, 1.54) is 0 Å². The summed E-state index contributed by atoms with van der Waals surface area (Å²) in [5.41, 5.74) is 12.3. The summed E-state index contributed by atoms with van der Waals surface area (Å²) in [7, 11) is 3.55. The van der Waals surface area contributed by atoms with E-state index in [2.05, 4.69) is 29.0 Å². The molecule has 0 spiro atoms. The Hall–Kier alpha value is -1.89. The SMILES string of the molecule is [CH2]OC1(Cn2cnc3c(N)nc(N)nc32)CC1C. The molecule has 18 heavy (non-hydrogen) atoms. The van der Waals surface area contributed by atoms with E-state index in [0.717, 1.165) is 6.42 Å². The van der Waals surface area contributed by atoms with Crippen LogP contribution >= 0.6 is 0 Å². The molecular weight excluding hydrogens is 232 g/mol. The van der Waals surface area contributed by atoms with Crippen LogP contribution in [0.2, 0.25) is 0 Å². The molecule has 0 aromatic carbocycles. The quantitative estimate of drug-likeness (QED) is 0.821. The van der Waals surface area contributed by atoms with Crippen molar-refractivity contribution in [1.82, 2.24) is 19.5 Å². The summed E-state index contributed by atoms with van der Waals surface area (Å²) in [5.74, 6) is 0.920. The zero-order valence-corrected chi connectivity index (χ0v) is 10.1. The van der Waals surface area contributed by atoms with Crippen molar-refractivity contribution in [1.29, 1.82) is 0 Å². The summed E-state index contributed by atoms with van der Waals surface area (Å²) < 4.78 is 7.23. The van der Waals surface area contributed by atoms with Crippen LogP contribution in [0.25, 0.3) is 11.2 Å². The van der Waals surface area contributed by atoms with Crippen LogP contribution in [0.5, 0.6) is 0 Å². The molecule has 1 fully saturated rings. The molecule has 0 aliphatic heterocycles. The van der Waals surface area contributed by atoms with Crippen molar-refractivity contribution >= 4 is 22.9 Å². The third-order valence-corrected chi connectivity index (χ3v) is 3.62. The van der Waals surface area contributed by atoms with E-state index in [4.69, 9.17) is 16.2 Å². The Balaban J connectivity index is 2.03. The number of hydrogen-bond acceptors (Lipinski definition) is 6. The van der Waals surface area contributed by atoms with Crippen molar-refractivity contribution in [3.63, 3.8) is 0 Å². The number of fused-ring (bicyclic) bond motifs is 1. The minimum absolute atomic E-state index is 0.148. The van der Waals surface area contributed by atoms with E-state index >= 15 is 0 Å². The van der Waals surface area contributed by atoms with Crippen LogP contribution in [0.1, 0.15) is 13.3 Å². The lowest BCUT2D eigenvalue weighted by atomic mass is 10.2. The highest BCUT2D eigenvalue weighted by atomic mass is 16.5. The van der Waals surface area contributed by atoms with Crippen molar-refractivity contribution in [2.45, 2.75) is 25.5 Å². The van der Waals surface area contributed by atoms with Crippen LogP contribution in [-0.4, -0.2) is 25.1 Å². The molecule has 1 radical (unpaired) electrons. The smallest absolute Gasteiger partial charge is 0.224 e. The van der Waals surface area contributed by atoms with Crippen molar-refractivity contribution in [2.75, 3.05) is 11.5 Å². The molecule has 2 unspecified atom stereocenters. The van der Waals surface area contributed by atoms with Gasteiger partial charge in [0.15, 0.2) is 11.5 Å². The Labute approximate surface area is 104 Å². The number of imidazole rings is 1. The first-order chi connectivity index (χ1) is 8.55. The minimum atomic E-state index is -0.220. The van der Waals surface area contributed by atoms with Crippen LogP contribution in [0.4, 0.5) is 11.8 Å². The molecule has 0 bridgehead atoms. The fourth-order valence-corrected chi connectivity index (χ4v) is 2.31. The Morgan fingerprint density at radius 1 is 1.56 bits per heavy atom. The topological polar surface area (TPSA) is 105 Å². The molecule has 0 amide bonds. The first kappa shape index (κ1) is 11.2. The molecule has 1 saturated carbocycles. The lowest BCUT2D eigenvalue weighted by Gasteiger charge is -2.15. The Morgan fingerprint density at radius 2 is 2.28 bits per heavy atom. The summed E-state index contributed by atoms with van der Waals surface area (Å²) in [6.45, 7) is 2.77. The maximum absolute atomic E-state index is 5.76. The van der Waals surface area contributed by atoms with Gasteiger partial charge < -0.3 is 20.8 Å². The van der Waals surface area contributed by atoms with Gasteiger partial charge in [0.1, 0.15) is 5.52 Å². The van der Waals surface area contributed by atoms with Crippen molar-refractivity contribution in [2.24, 2.45) is 5.92 Å². The second-order valence-corrected chi connectivity index (χ2v) is 4.83. The number of nitrogens with two attached hydrogens (primary N) is 2. The van der Waals surface area contributed by atoms with Gasteiger partial charge in [-0.15, -0.1) is 0 Å². The van der Waals surface area contributed by atoms with E-state index in [9.17, 15) is 0 Å². The molecule has 2 atom stereocenters. The first-order valence-electron chi connectivity index (χ1n) is 5.73. The third kappa shape index (κ3) is 1.51. The number of ether oxygens (including phenoxy) is 1. The van der Waals surface area contributed by atoms with Crippen LogP contribution in [0.15, 0.2) is 6.33 Å². The van der Waals surface area contributed by atoms with Gasteiger partial charge >= 0.3 is 0 Å². The second-order valence-electron chi connectivity index (χ2n) is 4.83. The lowest BCUT2D eigenvalue weighted by Crippen LogP contribution is -2.21.